The van der Waals surface area contributed by atoms with E-state index in [2.05, 4.69) is 48.6 Å². The smallest absolute Gasteiger partial charge is 0.161 e. The number of nitrogens with one attached hydrogen (secondary N) is 1. The first-order valence-electron chi connectivity index (χ1n) is 9.42. The number of hydrogen-bond acceptors (Lipinski definition) is 2. The molecule has 1 aliphatic heterocycles. The second kappa shape index (κ2) is 6.24. The van der Waals surface area contributed by atoms with Gasteiger partial charge in [0.1, 0.15) is 0 Å². The van der Waals surface area contributed by atoms with Gasteiger partial charge in [-0.15, -0.1) is 0 Å². The highest BCUT2D eigenvalue weighted by Gasteiger charge is 2.36. The molecule has 1 N–H and O–H groups in total. The van der Waals surface area contributed by atoms with Gasteiger partial charge < -0.3 is 5.32 Å². The van der Waals surface area contributed by atoms with E-state index in [9.17, 15) is 4.79 Å². The number of allylic oxidation sites excluding steroid dienone is 1. The molecule has 0 bridgehead atoms. The minimum Gasteiger partial charge on any atom is -0.373 e. The first kappa shape index (κ1) is 16.6. The van der Waals surface area contributed by atoms with Gasteiger partial charge in [-0.25, -0.2) is 0 Å². The molecule has 0 amide bonds. The number of rotatable bonds is 1. The van der Waals surface area contributed by atoms with E-state index in [1.54, 1.807) is 0 Å². The van der Waals surface area contributed by atoms with E-state index < -0.39 is 0 Å². The number of benzene rings is 3. The largest absolute Gasteiger partial charge is 0.373 e. The first-order valence-corrected chi connectivity index (χ1v) is 9.80. The van der Waals surface area contributed by atoms with Crippen molar-refractivity contribution >= 4 is 39.4 Å². The third-order valence-corrected chi connectivity index (χ3v) is 5.99. The molecule has 0 radical (unpaired) electrons. The zero-order valence-corrected chi connectivity index (χ0v) is 15.9. The lowest BCUT2D eigenvalue weighted by Crippen LogP contribution is -2.29. The molecule has 2 nitrogen and oxygen atoms in total. The van der Waals surface area contributed by atoms with Crippen LogP contribution in [0.2, 0.25) is 5.02 Å². The normalized spacial score (nSPS) is 21.6. The Morgan fingerprint density at radius 1 is 0.963 bits per heavy atom. The molecule has 1 aliphatic carbocycles. The van der Waals surface area contributed by atoms with Crippen LogP contribution in [0.15, 0.2) is 66.2 Å². The van der Waals surface area contributed by atoms with E-state index in [1.807, 2.05) is 24.3 Å². The van der Waals surface area contributed by atoms with Crippen LogP contribution in [0.3, 0.4) is 0 Å². The summed E-state index contributed by atoms with van der Waals surface area (Å²) in [6, 6.07) is 20.4. The van der Waals surface area contributed by atoms with Crippen molar-refractivity contribution in [3.63, 3.8) is 0 Å². The fourth-order valence-corrected chi connectivity index (χ4v) is 4.67. The van der Waals surface area contributed by atoms with Crippen molar-refractivity contribution in [2.45, 2.75) is 25.8 Å². The van der Waals surface area contributed by atoms with Gasteiger partial charge in [-0.05, 0) is 52.4 Å². The number of fused-ring (bicyclic) bond motifs is 4. The highest BCUT2D eigenvalue weighted by molar-refractivity contribution is 6.30. The molecule has 27 heavy (non-hydrogen) atoms. The van der Waals surface area contributed by atoms with Gasteiger partial charge >= 0.3 is 0 Å². The molecule has 2 atom stereocenters. The number of anilines is 1. The van der Waals surface area contributed by atoms with E-state index in [1.165, 1.54) is 21.9 Å². The fraction of sp³-hybridized carbons (Fsp3) is 0.208. The van der Waals surface area contributed by atoms with E-state index in [0.717, 1.165) is 23.2 Å². The zero-order valence-electron chi connectivity index (χ0n) is 15.1. The Hall–Kier alpha value is -2.58. The van der Waals surface area contributed by atoms with E-state index >= 15 is 0 Å². The minimum atomic E-state index is -0.120. The van der Waals surface area contributed by atoms with Gasteiger partial charge in [-0.1, -0.05) is 61.0 Å². The summed E-state index contributed by atoms with van der Waals surface area (Å²) in [5, 5.41) is 6.78. The van der Waals surface area contributed by atoms with Crippen LogP contribution in [-0.4, -0.2) is 5.78 Å². The van der Waals surface area contributed by atoms with E-state index in [-0.39, 0.29) is 11.8 Å². The van der Waals surface area contributed by atoms with Crippen LogP contribution in [0, 0.1) is 5.92 Å². The Morgan fingerprint density at radius 3 is 2.56 bits per heavy atom. The van der Waals surface area contributed by atoms with Crippen LogP contribution >= 0.6 is 11.6 Å². The third-order valence-electron chi connectivity index (χ3n) is 5.73. The number of carbonyl (C=O) groups is 1. The van der Waals surface area contributed by atoms with Crippen molar-refractivity contribution in [3.05, 3.63) is 82.4 Å². The predicted octanol–water partition coefficient (Wildman–Crippen LogP) is 6.41. The highest BCUT2D eigenvalue weighted by Crippen LogP contribution is 2.49. The van der Waals surface area contributed by atoms with Gasteiger partial charge in [0.2, 0.25) is 0 Å². The quantitative estimate of drug-likeness (QED) is 0.533. The average molecular weight is 374 g/mol. The molecule has 0 unspecified atom stereocenters. The molecule has 1 heterocycles. The van der Waals surface area contributed by atoms with Crippen molar-refractivity contribution in [1.82, 2.24) is 0 Å². The summed E-state index contributed by atoms with van der Waals surface area (Å²) >= 11 is 6.08. The summed E-state index contributed by atoms with van der Waals surface area (Å²) < 4.78 is 0. The molecule has 134 valence electrons. The van der Waals surface area contributed by atoms with E-state index in [4.69, 9.17) is 11.6 Å². The molecular formula is C24H20ClNO. The third kappa shape index (κ3) is 2.67. The maximum atomic E-state index is 13.1. The van der Waals surface area contributed by atoms with Gasteiger partial charge in [-0.2, -0.15) is 0 Å². The first-order chi connectivity index (χ1) is 13.1. The van der Waals surface area contributed by atoms with Crippen LogP contribution in [0.1, 0.15) is 36.9 Å². The Morgan fingerprint density at radius 2 is 1.74 bits per heavy atom. The highest BCUT2D eigenvalue weighted by atomic mass is 35.5. The Balaban J connectivity index is 1.78. The number of Topliss-reactive ketones (excluding diaryl/α,β-unsaturated/α-hetero) is 1. The van der Waals surface area contributed by atoms with Gasteiger partial charge in [0, 0.05) is 28.3 Å². The van der Waals surface area contributed by atoms with Crippen molar-refractivity contribution in [2.75, 3.05) is 5.32 Å². The summed E-state index contributed by atoms with van der Waals surface area (Å²) in [5.74, 6) is 0.627. The summed E-state index contributed by atoms with van der Waals surface area (Å²) in [4.78, 5) is 13.1. The standard InChI is InChI=1S/C24H20ClNO/c1-14-12-19-22-18-5-3-2-4-15(18)8-11-20(22)26-24(23(19)21(27)13-14)16-6-9-17(25)10-7-16/h2-11,14,24,26H,12-13H2,1H3/t14-,24+/m1/s1. The molecule has 0 fully saturated rings. The lowest BCUT2D eigenvalue weighted by Gasteiger charge is -2.36. The van der Waals surface area contributed by atoms with Crippen LogP contribution in [0.5, 0.6) is 0 Å². The average Bonchev–Trinajstić information content (AvgIpc) is 2.67. The van der Waals surface area contributed by atoms with Crippen LogP contribution in [0.4, 0.5) is 5.69 Å². The summed E-state index contributed by atoms with van der Waals surface area (Å²) in [6.45, 7) is 2.17. The van der Waals surface area contributed by atoms with Crippen LogP contribution in [0.25, 0.3) is 16.3 Å². The number of halogens is 1. The molecule has 0 saturated carbocycles. The molecule has 0 aromatic heterocycles. The number of hydrogen-bond donors (Lipinski definition) is 1. The molecule has 5 rings (SSSR count). The molecular weight excluding hydrogens is 354 g/mol. The monoisotopic (exact) mass is 373 g/mol. The second-order valence-electron chi connectivity index (χ2n) is 7.67. The zero-order chi connectivity index (χ0) is 18.5. The maximum absolute atomic E-state index is 13.1. The SMILES string of the molecule is C[C@H]1CC(=O)C2=C(C1)c1c(ccc3ccccc13)N[C@H]2c1ccc(Cl)cc1. The Bertz CT molecular complexity index is 1100. The van der Waals surface area contributed by atoms with Gasteiger partial charge in [0.25, 0.3) is 0 Å². The number of carbonyl (C=O) groups excluding carboxylic acids is 1. The van der Waals surface area contributed by atoms with Gasteiger partial charge in [0.05, 0.1) is 6.04 Å². The molecule has 3 aromatic carbocycles. The predicted molar refractivity (Wildman–Crippen MR) is 112 cm³/mol. The molecule has 2 aliphatic rings. The Labute approximate surface area is 163 Å². The lowest BCUT2D eigenvalue weighted by molar-refractivity contribution is -0.116. The van der Waals surface area contributed by atoms with Crippen LogP contribution in [-0.2, 0) is 4.79 Å². The van der Waals surface area contributed by atoms with Crippen molar-refractivity contribution in [3.8, 4) is 0 Å². The number of ketones is 1. The van der Waals surface area contributed by atoms with Crippen molar-refractivity contribution in [2.24, 2.45) is 5.92 Å². The Kier molecular flexibility index (Phi) is 3.84. The molecule has 0 spiro atoms. The topological polar surface area (TPSA) is 29.1 Å². The second-order valence-corrected chi connectivity index (χ2v) is 8.10. The maximum Gasteiger partial charge on any atom is 0.161 e. The van der Waals surface area contributed by atoms with E-state index in [0.29, 0.717) is 17.4 Å². The molecule has 0 saturated heterocycles. The summed E-state index contributed by atoms with van der Waals surface area (Å²) in [6.07, 6.45) is 1.55. The summed E-state index contributed by atoms with van der Waals surface area (Å²) in [7, 11) is 0. The van der Waals surface area contributed by atoms with Crippen molar-refractivity contribution < 1.29 is 4.79 Å². The van der Waals surface area contributed by atoms with Crippen LogP contribution < -0.4 is 5.32 Å². The van der Waals surface area contributed by atoms with Crippen molar-refractivity contribution in [1.29, 1.82) is 0 Å². The fourth-order valence-electron chi connectivity index (χ4n) is 4.55. The summed E-state index contributed by atoms with van der Waals surface area (Å²) in [5.41, 5.74) is 5.53. The van der Waals surface area contributed by atoms with Gasteiger partial charge in [-0.3, -0.25) is 4.79 Å². The minimum absolute atomic E-state index is 0.120. The molecule has 3 aromatic rings. The molecule has 3 heteroatoms. The van der Waals surface area contributed by atoms with Gasteiger partial charge in [0.15, 0.2) is 5.78 Å². The lowest BCUT2D eigenvalue weighted by atomic mass is 9.74.